The highest BCUT2D eigenvalue weighted by Crippen LogP contribution is 2.50. The number of hydrogen-bond donors (Lipinski definition) is 1. The number of carbonyl (C=O) groups excluding carboxylic acids is 3. The molecule has 0 aromatic heterocycles. The van der Waals surface area contributed by atoms with E-state index in [0.717, 1.165) is 0 Å². The summed E-state index contributed by atoms with van der Waals surface area (Å²) < 4.78 is 17.8. The number of ether oxygens (including phenoxy) is 3. The third-order valence-corrected chi connectivity index (χ3v) is 7.88. The summed E-state index contributed by atoms with van der Waals surface area (Å²) in [5.41, 5.74) is 2.14. The van der Waals surface area contributed by atoms with Crippen LogP contribution >= 0.6 is 34.8 Å². The molecule has 0 bridgehead atoms. The van der Waals surface area contributed by atoms with Gasteiger partial charge in [0.15, 0.2) is 29.7 Å². The minimum atomic E-state index is -0.590. The molecule has 10 heteroatoms. The Bertz CT molecular complexity index is 1390. The number of hydrogen-bond acceptors (Lipinski definition) is 6. The van der Waals surface area contributed by atoms with Crippen LogP contribution in [0.4, 0.5) is 5.69 Å². The van der Waals surface area contributed by atoms with Gasteiger partial charge in [-0.3, -0.25) is 14.4 Å². The van der Waals surface area contributed by atoms with E-state index in [0.29, 0.717) is 94.8 Å². The number of carbonyl (C=O) groups is 3. The molecular formula is C29H26Cl3NO6. The largest absolute Gasteiger partial charge is 0.490 e. The summed E-state index contributed by atoms with van der Waals surface area (Å²) in [7, 11) is 0. The molecular weight excluding hydrogens is 565 g/mol. The number of anilines is 1. The van der Waals surface area contributed by atoms with Gasteiger partial charge in [0.25, 0.3) is 5.91 Å². The Morgan fingerprint density at radius 3 is 2.18 bits per heavy atom. The van der Waals surface area contributed by atoms with Crippen molar-refractivity contribution in [3.63, 3.8) is 0 Å². The highest BCUT2D eigenvalue weighted by molar-refractivity contribution is 6.42. The zero-order valence-electron chi connectivity index (χ0n) is 21.2. The molecule has 1 heterocycles. The van der Waals surface area contributed by atoms with Crippen LogP contribution in [0.25, 0.3) is 0 Å². The summed E-state index contributed by atoms with van der Waals surface area (Å²) in [6.45, 7) is 1.77. The molecule has 1 N–H and O–H groups in total. The van der Waals surface area contributed by atoms with Crippen LogP contribution < -0.4 is 14.8 Å². The number of Topliss-reactive ketones (excluding diaryl/α,β-unsaturated/α-hetero) is 2. The van der Waals surface area contributed by atoms with Crippen molar-refractivity contribution in [1.82, 2.24) is 0 Å². The van der Waals surface area contributed by atoms with Gasteiger partial charge in [0.05, 0.1) is 21.7 Å². The molecule has 2 aromatic rings. The molecule has 3 aliphatic rings. The topological polar surface area (TPSA) is 90.9 Å². The van der Waals surface area contributed by atoms with Crippen LogP contribution in [0, 0.1) is 0 Å². The molecule has 1 aliphatic heterocycles. The fourth-order valence-electron chi connectivity index (χ4n) is 5.22. The highest BCUT2D eigenvalue weighted by Gasteiger charge is 2.42. The standard InChI is InChI=1S/C29H26Cl3NO6/c1-2-37-24-12-15(11-19(32)29(24)38-14-25(36)33-16-9-10-17(30)18(31)13-16)26-27-20(34)5-3-7-22(27)39-23-8-4-6-21(35)28(23)26/h9-13,26H,2-8,14H2,1H3,(H,33,36). The molecule has 2 aliphatic carbocycles. The number of rotatable bonds is 7. The molecule has 0 saturated carbocycles. The van der Waals surface area contributed by atoms with Gasteiger partial charge < -0.3 is 19.5 Å². The summed E-state index contributed by atoms with van der Waals surface area (Å²) in [6.07, 6.45) is 3.51. The molecule has 7 nitrogen and oxygen atoms in total. The zero-order chi connectivity index (χ0) is 27.7. The predicted octanol–water partition coefficient (Wildman–Crippen LogP) is 7.19. The lowest BCUT2D eigenvalue weighted by molar-refractivity contribution is -0.119. The van der Waals surface area contributed by atoms with Crippen molar-refractivity contribution >= 4 is 58.0 Å². The lowest BCUT2D eigenvalue weighted by Crippen LogP contribution is -2.30. The third-order valence-electron chi connectivity index (χ3n) is 6.86. The zero-order valence-corrected chi connectivity index (χ0v) is 23.5. The van der Waals surface area contributed by atoms with E-state index in [2.05, 4.69) is 5.32 Å². The maximum absolute atomic E-state index is 13.1. The van der Waals surface area contributed by atoms with E-state index in [1.807, 2.05) is 6.92 Å². The second-order valence-electron chi connectivity index (χ2n) is 9.49. The monoisotopic (exact) mass is 589 g/mol. The number of allylic oxidation sites excluding steroid dienone is 4. The van der Waals surface area contributed by atoms with E-state index in [-0.39, 0.29) is 28.9 Å². The fraction of sp³-hybridized carbons (Fsp3) is 0.345. The van der Waals surface area contributed by atoms with Crippen molar-refractivity contribution in [2.24, 2.45) is 0 Å². The maximum atomic E-state index is 13.1. The average molecular weight is 591 g/mol. The predicted molar refractivity (Wildman–Crippen MR) is 149 cm³/mol. The molecule has 0 unspecified atom stereocenters. The number of amides is 1. The molecule has 0 fully saturated rings. The second kappa shape index (κ2) is 11.6. The van der Waals surface area contributed by atoms with Gasteiger partial charge in [0.1, 0.15) is 11.5 Å². The Kier molecular flexibility index (Phi) is 8.21. The van der Waals surface area contributed by atoms with Gasteiger partial charge in [-0.25, -0.2) is 0 Å². The molecule has 204 valence electrons. The first-order valence-electron chi connectivity index (χ1n) is 12.8. The van der Waals surface area contributed by atoms with Crippen molar-refractivity contribution in [3.05, 3.63) is 73.6 Å². The van der Waals surface area contributed by atoms with E-state index in [4.69, 9.17) is 49.0 Å². The molecule has 0 saturated heterocycles. The second-order valence-corrected chi connectivity index (χ2v) is 10.7. The van der Waals surface area contributed by atoms with Crippen LogP contribution in [-0.2, 0) is 19.1 Å². The SMILES string of the molecule is CCOc1cc(C2C3=C(CCCC3=O)OC3=C2C(=O)CCC3)cc(Cl)c1OCC(=O)Nc1ccc(Cl)c(Cl)c1. The number of benzene rings is 2. The smallest absolute Gasteiger partial charge is 0.262 e. The normalized spacial score (nSPS) is 17.4. The first-order chi connectivity index (χ1) is 18.8. The van der Waals surface area contributed by atoms with Crippen molar-refractivity contribution in [3.8, 4) is 11.5 Å². The van der Waals surface area contributed by atoms with Gasteiger partial charge in [-0.1, -0.05) is 34.8 Å². The van der Waals surface area contributed by atoms with Crippen LogP contribution in [0.1, 0.15) is 56.9 Å². The Morgan fingerprint density at radius 2 is 1.56 bits per heavy atom. The van der Waals surface area contributed by atoms with E-state index in [9.17, 15) is 14.4 Å². The highest BCUT2D eigenvalue weighted by atomic mass is 35.5. The minimum Gasteiger partial charge on any atom is -0.490 e. The molecule has 1 amide bonds. The Labute approximate surface area is 241 Å². The van der Waals surface area contributed by atoms with E-state index >= 15 is 0 Å². The third kappa shape index (κ3) is 5.67. The van der Waals surface area contributed by atoms with Crippen molar-refractivity contribution < 1.29 is 28.6 Å². The van der Waals surface area contributed by atoms with Crippen LogP contribution in [0.3, 0.4) is 0 Å². The van der Waals surface area contributed by atoms with Gasteiger partial charge in [0.2, 0.25) is 0 Å². The van der Waals surface area contributed by atoms with Crippen molar-refractivity contribution in [2.45, 2.75) is 51.4 Å². The summed E-state index contributed by atoms with van der Waals surface area (Å²) in [5, 5.41) is 3.57. The fourth-order valence-corrected chi connectivity index (χ4v) is 5.79. The minimum absolute atomic E-state index is 0.0282. The molecule has 5 rings (SSSR count). The van der Waals surface area contributed by atoms with Gasteiger partial charge in [0, 0.05) is 48.4 Å². The summed E-state index contributed by atoms with van der Waals surface area (Å²) in [6, 6.07) is 8.14. The molecule has 0 atom stereocenters. The first-order valence-corrected chi connectivity index (χ1v) is 13.9. The Morgan fingerprint density at radius 1 is 0.897 bits per heavy atom. The molecule has 0 spiro atoms. The van der Waals surface area contributed by atoms with Crippen molar-refractivity contribution in [2.75, 3.05) is 18.5 Å². The lowest BCUT2D eigenvalue weighted by atomic mass is 9.73. The van der Waals surface area contributed by atoms with Gasteiger partial charge in [-0.05, 0) is 55.7 Å². The summed E-state index contributed by atoms with van der Waals surface area (Å²) in [4.78, 5) is 38.8. The van der Waals surface area contributed by atoms with Gasteiger partial charge >= 0.3 is 0 Å². The molecule has 39 heavy (non-hydrogen) atoms. The number of ketones is 2. The van der Waals surface area contributed by atoms with Crippen LogP contribution in [0.15, 0.2) is 53.0 Å². The van der Waals surface area contributed by atoms with E-state index in [1.165, 1.54) is 6.07 Å². The Balaban J connectivity index is 1.46. The van der Waals surface area contributed by atoms with Crippen LogP contribution in [0.5, 0.6) is 11.5 Å². The summed E-state index contributed by atoms with van der Waals surface area (Å²) in [5.74, 6) is 0.686. The molecule has 2 aromatic carbocycles. The average Bonchev–Trinajstić information content (AvgIpc) is 2.89. The maximum Gasteiger partial charge on any atom is 0.262 e. The number of nitrogens with one attached hydrogen (secondary N) is 1. The molecule has 0 radical (unpaired) electrons. The van der Waals surface area contributed by atoms with E-state index < -0.39 is 11.8 Å². The van der Waals surface area contributed by atoms with E-state index in [1.54, 1.807) is 24.3 Å². The number of halogens is 3. The summed E-state index contributed by atoms with van der Waals surface area (Å²) >= 11 is 18.7. The Hall–Kier alpha value is -3.00. The lowest BCUT2D eigenvalue weighted by Gasteiger charge is -2.36. The first kappa shape index (κ1) is 27.6. The van der Waals surface area contributed by atoms with Gasteiger partial charge in [-0.2, -0.15) is 0 Å². The van der Waals surface area contributed by atoms with Crippen LogP contribution in [0.2, 0.25) is 15.1 Å². The quantitative estimate of drug-likeness (QED) is 0.367. The van der Waals surface area contributed by atoms with Crippen LogP contribution in [-0.4, -0.2) is 30.7 Å². The van der Waals surface area contributed by atoms with Gasteiger partial charge in [-0.15, -0.1) is 0 Å². The van der Waals surface area contributed by atoms with Crippen molar-refractivity contribution in [1.29, 1.82) is 0 Å².